The van der Waals surface area contributed by atoms with Crippen LogP contribution < -0.4 is 5.32 Å². The van der Waals surface area contributed by atoms with Gasteiger partial charge in [-0.1, -0.05) is 41.4 Å². The van der Waals surface area contributed by atoms with E-state index in [0.29, 0.717) is 27.1 Å². The number of benzene rings is 2. The molecule has 0 spiro atoms. The number of rotatable bonds is 4. The van der Waals surface area contributed by atoms with Gasteiger partial charge in [-0.3, -0.25) is 4.79 Å². The molecule has 1 N–H and O–H groups in total. The number of tetrazole rings is 1. The number of anilines is 1. The lowest BCUT2D eigenvalue weighted by Crippen LogP contribution is -2.15. The third kappa shape index (κ3) is 3.55. The molecule has 0 aliphatic heterocycles. The first-order valence-electron chi connectivity index (χ1n) is 7.10. The highest BCUT2D eigenvalue weighted by Gasteiger charge is 2.12. The van der Waals surface area contributed by atoms with Crippen molar-refractivity contribution in [2.24, 2.45) is 7.05 Å². The molecule has 1 heterocycles. The zero-order valence-electron chi connectivity index (χ0n) is 12.7. The molecular weight excluding hydrogens is 349 g/mol. The Kier molecular flexibility index (Phi) is 4.78. The summed E-state index contributed by atoms with van der Waals surface area (Å²) in [5.41, 5.74) is 2.05. The van der Waals surface area contributed by atoms with Crippen LogP contribution in [0.1, 0.15) is 5.56 Å². The number of nitrogens with one attached hydrogen (secondary N) is 1. The van der Waals surface area contributed by atoms with Gasteiger partial charge in [-0.25, -0.2) is 4.68 Å². The molecule has 0 atom stereocenters. The van der Waals surface area contributed by atoms with Crippen LogP contribution >= 0.6 is 23.2 Å². The molecule has 0 saturated carbocycles. The second-order valence-electron chi connectivity index (χ2n) is 5.13. The molecule has 122 valence electrons. The molecule has 0 aliphatic rings. The SMILES string of the molecule is Cn1nnnc1-c1cccc(NC(=O)Cc2c(Cl)cccc2Cl)c1. The number of hydrogen-bond donors (Lipinski definition) is 1. The summed E-state index contributed by atoms with van der Waals surface area (Å²) in [5, 5.41) is 15.1. The third-order valence-corrected chi connectivity index (χ3v) is 4.13. The van der Waals surface area contributed by atoms with E-state index in [9.17, 15) is 4.79 Å². The molecule has 0 unspecified atom stereocenters. The molecule has 0 saturated heterocycles. The van der Waals surface area contributed by atoms with Crippen LogP contribution in [-0.2, 0) is 18.3 Å². The molecule has 3 rings (SSSR count). The minimum absolute atomic E-state index is 0.0915. The molecular formula is C16H13Cl2N5O. The van der Waals surface area contributed by atoms with Crippen LogP contribution in [-0.4, -0.2) is 26.1 Å². The van der Waals surface area contributed by atoms with E-state index in [-0.39, 0.29) is 12.3 Å². The summed E-state index contributed by atoms with van der Waals surface area (Å²) in [6.07, 6.45) is 0.0915. The second kappa shape index (κ2) is 6.98. The maximum absolute atomic E-state index is 12.3. The summed E-state index contributed by atoms with van der Waals surface area (Å²) >= 11 is 12.2. The highest BCUT2D eigenvalue weighted by molar-refractivity contribution is 6.36. The molecule has 24 heavy (non-hydrogen) atoms. The fourth-order valence-corrected chi connectivity index (χ4v) is 2.81. The van der Waals surface area contributed by atoms with Gasteiger partial charge in [-0.15, -0.1) is 5.10 Å². The van der Waals surface area contributed by atoms with Gasteiger partial charge in [-0.2, -0.15) is 0 Å². The molecule has 0 aliphatic carbocycles. The largest absolute Gasteiger partial charge is 0.326 e. The van der Waals surface area contributed by atoms with Crippen molar-refractivity contribution in [3.8, 4) is 11.4 Å². The lowest BCUT2D eigenvalue weighted by molar-refractivity contribution is -0.115. The Hall–Kier alpha value is -2.44. The van der Waals surface area contributed by atoms with Gasteiger partial charge < -0.3 is 5.32 Å². The highest BCUT2D eigenvalue weighted by Crippen LogP contribution is 2.25. The number of hydrogen-bond acceptors (Lipinski definition) is 4. The van der Waals surface area contributed by atoms with Crippen LogP contribution in [0.15, 0.2) is 42.5 Å². The van der Waals surface area contributed by atoms with Crippen LogP contribution in [0.2, 0.25) is 10.0 Å². The summed E-state index contributed by atoms with van der Waals surface area (Å²) in [6, 6.07) is 12.4. The zero-order valence-corrected chi connectivity index (χ0v) is 14.2. The van der Waals surface area contributed by atoms with E-state index in [2.05, 4.69) is 20.8 Å². The van der Waals surface area contributed by atoms with Crippen molar-refractivity contribution in [3.05, 3.63) is 58.1 Å². The molecule has 8 heteroatoms. The van der Waals surface area contributed by atoms with Crippen molar-refractivity contribution in [2.75, 3.05) is 5.32 Å². The molecule has 0 fully saturated rings. The van der Waals surface area contributed by atoms with Gasteiger partial charge in [-0.05, 0) is 40.3 Å². The zero-order chi connectivity index (χ0) is 17.1. The Morgan fingerprint density at radius 2 is 1.88 bits per heavy atom. The molecule has 1 aromatic heterocycles. The second-order valence-corrected chi connectivity index (χ2v) is 5.95. The van der Waals surface area contributed by atoms with Crippen molar-refractivity contribution < 1.29 is 4.79 Å². The predicted molar refractivity (Wildman–Crippen MR) is 93.0 cm³/mol. The quantitative estimate of drug-likeness (QED) is 0.773. The van der Waals surface area contributed by atoms with Gasteiger partial charge in [0.2, 0.25) is 5.91 Å². The van der Waals surface area contributed by atoms with Crippen LogP contribution in [0.4, 0.5) is 5.69 Å². The lowest BCUT2D eigenvalue weighted by atomic mass is 10.1. The van der Waals surface area contributed by atoms with Crippen molar-refractivity contribution >= 4 is 34.8 Å². The van der Waals surface area contributed by atoms with Crippen molar-refractivity contribution in [1.82, 2.24) is 20.2 Å². The van der Waals surface area contributed by atoms with E-state index in [4.69, 9.17) is 23.2 Å². The summed E-state index contributed by atoms with van der Waals surface area (Å²) < 4.78 is 1.56. The van der Waals surface area contributed by atoms with E-state index in [1.165, 1.54) is 0 Å². The maximum Gasteiger partial charge on any atom is 0.228 e. The minimum atomic E-state index is -0.210. The first-order valence-corrected chi connectivity index (χ1v) is 7.85. The Morgan fingerprint density at radius 3 is 2.54 bits per heavy atom. The first-order chi connectivity index (χ1) is 11.5. The number of nitrogens with zero attached hydrogens (tertiary/aromatic N) is 4. The van der Waals surface area contributed by atoms with E-state index in [1.54, 1.807) is 42.1 Å². The summed E-state index contributed by atoms with van der Waals surface area (Å²) in [7, 11) is 1.75. The molecule has 0 bridgehead atoms. The van der Waals surface area contributed by atoms with Crippen molar-refractivity contribution in [1.29, 1.82) is 0 Å². The van der Waals surface area contributed by atoms with Gasteiger partial charge >= 0.3 is 0 Å². The smallest absolute Gasteiger partial charge is 0.228 e. The average Bonchev–Trinajstić information content (AvgIpc) is 2.97. The normalized spacial score (nSPS) is 10.6. The molecule has 2 aromatic carbocycles. The number of amides is 1. The van der Waals surface area contributed by atoms with E-state index < -0.39 is 0 Å². The van der Waals surface area contributed by atoms with E-state index in [1.807, 2.05) is 12.1 Å². The first kappa shape index (κ1) is 16.4. The standard InChI is InChI=1S/C16H13Cl2N5O/c1-23-16(20-21-22-23)10-4-2-5-11(8-10)19-15(24)9-12-13(17)6-3-7-14(12)18/h2-8H,9H2,1H3,(H,19,24). The summed E-state index contributed by atoms with van der Waals surface area (Å²) in [4.78, 5) is 12.3. The minimum Gasteiger partial charge on any atom is -0.326 e. The fraction of sp³-hybridized carbons (Fsp3) is 0.125. The Bertz CT molecular complexity index is 873. The Labute approximate surface area is 148 Å². The molecule has 0 radical (unpaired) electrons. The number of carbonyl (C=O) groups excluding carboxylic acids is 1. The van der Waals surface area contributed by atoms with Gasteiger partial charge in [0.15, 0.2) is 5.82 Å². The summed E-state index contributed by atoms with van der Waals surface area (Å²) in [5.74, 6) is 0.401. The van der Waals surface area contributed by atoms with Crippen LogP contribution in [0.25, 0.3) is 11.4 Å². The molecule has 6 nitrogen and oxygen atoms in total. The molecule has 1 amide bonds. The Balaban J connectivity index is 1.77. The third-order valence-electron chi connectivity index (χ3n) is 3.42. The lowest BCUT2D eigenvalue weighted by Gasteiger charge is -2.09. The number of carbonyl (C=O) groups is 1. The Morgan fingerprint density at radius 1 is 1.17 bits per heavy atom. The number of aromatic nitrogens is 4. The van der Waals surface area contributed by atoms with Crippen LogP contribution in [0.5, 0.6) is 0 Å². The number of aryl methyl sites for hydroxylation is 1. The van der Waals surface area contributed by atoms with E-state index >= 15 is 0 Å². The maximum atomic E-state index is 12.3. The topological polar surface area (TPSA) is 72.7 Å². The summed E-state index contributed by atoms with van der Waals surface area (Å²) in [6.45, 7) is 0. The predicted octanol–water partition coefficient (Wildman–Crippen LogP) is 3.37. The fourth-order valence-electron chi connectivity index (χ4n) is 2.28. The van der Waals surface area contributed by atoms with Gasteiger partial charge in [0, 0.05) is 28.3 Å². The van der Waals surface area contributed by atoms with Crippen molar-refractivity contribution in [2.45, 2.75) is 6.42 Å². The van der Waals surface area contributed by atoms with Crippen LogP contribution in [0.3, 0.4) is 0 Å². The van der Waals surface area contributed by atoms with Crippen molar-refractivity contribution in [3.63, 3.8) is 0 Å². The number of halogens is 2. The van der Waals surface area contributed by atoms with Gasteiger partial charge in [0.25, 0.3) is 0 Å². The van der Waals surface area contributed by atoms with Gasteiger partial charge in [0.1, 0.15) is 0 Å². The van der Waals surface area contributed by atoms with E-state index in [0.717, 1.165) is 5.56 Å². The van der Waals surface area contributed by atoms with Gasteiger partial charge in [0.05, 0.1) is 6.42 Å². The monoisotopic (exact) mass is 361 g/mol. The highest BCUT2D eigenvalue weighted by atomic mass is 35.5. The average molecular weight is 362 g/mol. The molecule has 3 aromatic rings. The van der Waals surface area contributed by atoms with Crippen LogP contribution in [0, 0.1) is 0 Å².